The largest absolute Gasteiger partial charge is 0.507 e. The zero-order valence-electron chi connectivity index (χ0n) is 15.7. The van der Waals surface area contributed by atoms with E-state index in [1.807, 2.05) is 0 Å². The third-order valence-corrected chi connectivity index (χ3v) is 4.95. The van der Waals surface area contributed by atoms with Crippen molar-refractivity contribution in [1.29, 1.82) is 0 Å². The van der Waals surface area contributed by atoms with Crippen LogP contribution >= 0.6 is 0 Å². The molecule has 29 heavy (non-hydrogen) atoms. The van der Waals surface area contributed by atoms with Crippen molar-refractivity contribution in [1.82, 2.24) is 0 Å². The predicted octanol–water partition coefficient (Wildman–Crippen LogP) is 2.28. The van der Waals surface area contributed by atoms with Crippen molar-refractivity contribution < 1.29 is 39.2 Å². The first-order chi connectivity index (χ1) is 13.7. The van der Waals surface area contributed by atoms with Gasteiger partial charge in [0.2, 0.25) is 5.78 Å². The summed E-state index contributed by atoms with van der Waals surface area (Å²) < 4.78 is 4.66. The van der Waals surface area contributed by atoms with E-state index in [4.69, 9.17) is 0 Å². The summed E-state index contributed by atoms with van der Waals surface area (Å²) in [5.74, 6) is -4.86. The number of hydrogen-bond donors (Lipinski definition) is 3. The monoisotopic (exact) mass is 398 g/mol. The van der Waals surface area contributed by atoms with Crippen LogP contribution in [0.5, 0.6) is 17.2 Å². The zero-order chi connectivity index (χ0) is 21.5. The molecule has 150 valence electrons. The number of carbonyl (C=O) groups excluding carboxylic acids is 4. The van der Waals surface area contributed by atoms with Crippen molar-refractivity contribution in [2.75, 3.05) is 7.11 Å². The highest BCUT2D eigenvalue weighted by molar-refractivity contribution is 6.32. The summed E-state index contributed by atoms with van der Waals surface area (Å²) in [7, 11) is 1.06. The second-order valence-corrected chi connectivity index (χ2v) is 6.54. The van der Waals surface area contributed by atoms with Gasteiger partial charge < -0.3 is 20.1 Å². The van der Waals surface area contributed by atoms with Crippen LogP contribution in [-0.2, 0) is 16.0 Å². The minimum absolute atomic E-state index is 0.0593. The van der Waals surface area contributed by atoms with Gasteiger partial charge in [-0.2, -0.15) is 0 Å². The lowest BCUT2D eigenvalue weighted by Crippen LogP contribution is -2.24. The number of fused-ring (bicyclic) bond motifs is 2. The molecule has 0 unspecified atom stereocenters. The molecule has 0 aliphatic heterocycles. The summed E-state index contributed by atoms with van der Waals surface area (Å²) in [4.78, 5) is 49.9. The first-order valence-corrected chi connectivity index (χ1v) is 8.86. The van der Waals surface area contributed by atoms with Gasteiger partial charge in [0.05, 0.1) is 23.8 Å². The van der Waals surface area contributed by atoms with Gasteiger partial charge in [-0.3, -0.25) is 14.4 Å². The van der Waals surface area contributed by atoms with E-state index in [-0.39, 0.29) is 41.7 Å². The van der Waals surface area contributed by atoms with E-state index in [9.17, 15) is 34.5 Å². The molecule has 8 nitrogen and oxygen atoms in total. The smallest absolute Gasteiger partial charge is 0.342 e. The molecule has 0 spiro atoms. The number of ether oxygens (including phenoxy) is 1. The lowest BCUT2D eigenvalue weighted by Gasteiger charge is -2.23. The Hall–Kier alpha value is -3.68. The number of carbonyl (C=O) groups is 4. The second kappa shape index (κ2) is 7.38. The molecule has 0 heterocycles. The van der Waals surface area contributed by atoms with Gasteiger partial charge in [0.1, 0.15) is 28.6 Å². The fourth-order valence-electron chi connectivity index (χ4n) is 3.45. The maximum atomic E-state index is 13.0. The van der Waals surface area contributed by atoms with E-state index in [0.717, 1.165) is 7.11 Å². The number of Topliss-reactive ketones (excluding diaryl/α,β-unsaturated/α-hetero) is 1. The molecule has 8 heteroatoms. The van der Waals surface area contributed by atoms with Gasteiger partial charge in [-0.15, -0.1) is 0 Å². The van der Waals surface area contributed by atoms with Crippen molar-refractivity contribution in [2.24, 2.45) is 0 Å². The summed E-state index contributed by atoms with van der Waals surface area (Å²) in [5, 5.41) is 31.6. The number of phenols is 3. The molecule has 0 saturated carbocycles. The lowest BCUT2D eigenvalue weighted by molar-refractivity contribution is -0.118. The third kappa shape index (κ3) is 3.02. The third-order valence-electron chi connectivity index (χ3n) is 4.95. The average Bonchev–Trinajstić information content (AvgIpc) is 2.70. The first-order valence-electron chi connectivity index (χ1n) is 8.86. The number of hydrogen-bond acceptors (Lipinski definition) is 8. The highest BCUT2D eigenvalue weighted by Gasteiger charge is 2.40. The van der Waals surface area contributed by atoms with Crippen LogP contribution in [0, 0.1) is 0 Å². The number of benzene rings is 2. The standard InChI is InChI=1S/C21H18O8/c1-3-9(22)7-8-11-14(21(28)29-2)20(27)16-15(18(11)25)19(26)13-10(17(16)24)5-4-6-12(13)23/h4-6,23,25,27H,3,7-8H2,1-2H3. The Morgan fingerprint density at radius 3 is 2.24 bits per heavy atom. The maximum Gasteiger partial charge on any atom is 0.342 e. The number of aromatic hydroxyl groups is 3. The fraction of sp³-hybridized carbons (Fsp3) is 0.238. The van der Waals surface area contributed by atoms with E-state index in [2.05, 4.69) is 4.74 Å². The van der Waals surface area contributed by atoms with Crippen molar-refractivity contribution in [2.45, 2.75) is 26.2 Å². The zero-order valence-corrected chi connectivity index (χ0v) is 15.7. The molecule has 0 radical (unpaired) electrons. The Balaban J connectivity index is 2.33. The first kappa shape index (κ1) is 20.1. The van der Waals surface area contributed by atoms with Gasteiger partial charge in [-0.1, -0.05) is 19.1 Å². The molecule has 0 bridgehead atoms. The second-order valence-electron chi connectivity index (χ2n) is 6.54. The number of esters is 1. The normalized spacial score (nSPS) is 12.3. The lowest BCUT2D eigenvalue weighted by atomic mass is 9.79. The molecule has 0 fully saturated rings. The molecule has 0 aromatic heterocycles. The van der Waals surface area contributed by atoms with Gasteiger partial charge in [0, 0.05) is 24.0 Å². The minimum atomic E-state index is -1.03. The molecular formula is C21H18O8. The molecule has 2 aromatic carbocycles. The highest BCUT2D eigenvalue weighted by atomic mass is 16.5. The predicted molar refractivity (Wildman–Crippen MR) is 99.7 cm³/mol. The van der Waals surface area contributed by atoms with Crippen molar-refractivity contribution in [3.63, 3.8) is 0 Å². The molecule has 3 rings (SSSR count). The van der Waals surface area contributed by atoms with Crippen LogP contribution in [0.25, 0.3) is 0 Å². The Kier molecular flexibility index (Phi) is 5.11. The Morgan fingerprint density at radius 2 is 1.62 bits per heavy atom. The van der Waals surface area contributed by atoms with Crippen LogP contribution in [0.3, 0.4) is 0 Å². The molecule has 0 atom stereocenters. The van der Waals surface area contributed by atoms with Gasteiger partial charge in [0.15, 0.2) is 5.78 Å². The molecule has 1 aliphatic carbocycles. The van der Waals surface area contributed by atoms with Crippen LogP contribution < -0.4 is 0 Å². The molecule has 0 amide bonds. The van der Waals surface area contributed by atoms with Crippen LogP contribution in [0.1, 0.15) is 67.5 Å². The summed E-state index contributed by atoms with van der Waals surface area (Å²) in [5.41, 5.74) is -2.18. The molecular weight excluding hydrogens is 380 g/mol. The fourth-order valence-corrected chi connectivity index (χ4v) is 3.45. The van der Waals surface area contributed by atoms with E-state index in [1.165, 1.54) is 18.2 Å². The average molecular weight is 398 g/mol. The van der Waals surface area contributed by atoms with E-state index in [1.54, 1.807) is 6.92 Å². The Morgan fingerprint density at radius 1 is 0.966 bits per heavy atom. The number of phenolic OH excluding ortho intramolecular Hbond substituents is 3. The number of rotatable bonds is 5. The van der Waals surface area contributed by atoms with Crippen molar-refractivity contribution in [3.8, 4) is 17.2 Å². The van der Waals surface area contributed by atoms with E-state index in [0.29, 0.717) is 0 Å². The topological polar surface area (TPSA) is 138 Å². The Bertz CT molecular complexity index is 1080. The van der Waals surface area contributed by atoms with Gasteiger partial charge in [0.25, 0.3) is 0 Å². The van der Waals surface area contributed by atoms with E-state index < -0.39 is 51.5 Å². The molecule has 0 saturated heterocycles. The van der Waals surface area contributed by atoms with Crippen LogP contribution in [0.2, 0.25) is 0 Å². The molecule has 2 aromatic rings. The number of ketones is 3. The van der Waals surface area contributed by atoms with Gasteiger partial charge >= 0.3 is 5.97 Å². The van der Waals surface area contributed by atoms with Gasteiger partial charge in [-0.25, -0.2) is 4.79 Å². The van der Waals surface area contributed by atoms with Crippen LogP contribution in [0.4, 0.5) is 0 Å². The van der Waals surface area contributed by atoms with Gasteiger partial charge in [-0.05, 0) is 12.5 Å². The van der Waals surface area contributed by atoms with Crippen molar-refractivity contribution in [3.05, 3.63) is 51.6 Å². The summed E-state index contributed by atoms with van der Waals surface area (Å²) >= 11 is 0. The van der Waals surface area contributed by atoms with E-state index >= 15 is 0 Å². The quantitative estimate of drug-likeness (QED) is 0.439. The summed E-state index contributed by atoms with van der Waals surface area (Å²) in [6.45, 7) is 1.65. The summed E-state index contributed by atoms with van der Waals surface area (Å²) in [6.07, 6.45) is 0.0129. The highest BCUT2D eigenvalue weighted by Crippen LogP contribution is 2.45. The maximum absolute atomic E-state index is 13.0. The minimum Gasteiger partial charge on any atom is -0.507 e. The molecule has 3 N–H and O–H groups in total. The SMILES string of the molecule is CCC(=O)CCc1c(O)c2c(c(O)c1C(=O)OC)C(=O)c1cccc(O)c1C2=O. The van der Waals surface area contributed by atoms with Crippen molar-refractivity contribution >= 4 is 23.3 Å². The summed E-state index contributed by atoms with van der Waals surface area (Å²) in [6, 6.07) is 3.86. The van der Waals surface area contributed by atoms with Crippen LogP contribution in [-0.4, -0.2) is 45.7 Å². The Labute approximate surface area is 165 Å². The number of methoxy groups -OCH3 is 1. The molecule has 1 aliphatic rings. The van der Waals surface area contributed by atoms with Crippen LogP contribution in [0.15, 0.2) is 18.2 Å².